The quantitative estimate of drug-likeness (QED) is 0.888. The second-order valence-corrected chi connectivity index (χ2v) is 6.86. The number of rotatable bonds is 3. The molecule has 4 rings (SSSR count). The molecule has 2 fully saturated rings. The predicted molar refractivity (Wildman–Crippen MR) is 97.2 cm³/mol. The Labute approximate surface area is 157 Å². The number of ether oxygens (including phenoxy) is 1. The fourth-order valence-corrected chi connectivity index (χ4v) is 3.70. The summed E-state index contributed by atoms with van der Waals surface area (Å²) in [7, 11) is 0. The van der Waals surface area contributed by atoms with Crippen molar-refractivity contribution in [3.8, 4) is 0 Å². The minimum absolute atomic E-state index is 0.0385. The minimum atomic E-state index is -0.106. The Balaban J connectivity index is 1.53. The summed E-state index contributed by atoms with van der Waals surface area (Å²) in [4.78, 5) is 33.2. The van der Waals surface area contributed by atoms with Crippen LogP contribution in [-0.2, 0) is 4.74 Å². The Hall–Kier alpha value is -2.74. The average Bonchev–Trinajstić information content (AvgIpc) is 3.24. The van der Waals surface area contributed by atoms with Gasteiger partial charge in [-0.1, -0.05) is 0 Å². The molecule has 2 aromatic heterocycles. The molecule has 2 aliphatic heterocycles. The van der Waals surface area contributed by atoms with E-state index >= 15 is 0 Å². The summed E-state index contributed by atoms with van der Waals surface area (Å²) in [6.07, 6.45) is 6.10. The molecule has 0 aliphatic carbocycles. The van der Waals surface area contributed by atoms with Crippen molar-refractivity contribution >= 4 is 11.8 Å². The molecule has 27 heavy (non-hydrogen) atoms. The van der Waals surface area contributed by atoms with Crippen LogP contribution < -0.4 is 0 Å². The van der Waals surface area contributed by atoms with Crippen LogP contribution in [0.4, 0.5) is 0 Å². The van der Waals surface area contributed by atoms with E-state index in [0.29, 0.717) is 44.1 Å². The number of amides is 2. The monoisotopic (exact) mass is 369 g/mol. The number of H-pyrrole nitrogens is 1. The van der Waals surface area contributed by atoms with E-state index in [-0.39, 0.29) is 17.9 Å². The first-order valence-electron chi connectivity index (χ1n) is 9.37. The van der Waals surface area contributed by atoms with E-state index in [9.17, 15) is 9.59 Å². The molecule has 8 heteroatoms. The van der Waals surface area contributed by atoms with Gasteiger partial charge in [-0.3, -0.25) is 19.7 Å². The number of carbonyl (C=O) groups is 2. The number of piperidine rings is 1. The van der Waals surface area contributed by atoms with Gasteiger partial charge in [0.25, 0.3) is 11.8 Å². The molecule has 0 unspecified atom stereocenters. The van der Waals surface area contributed by atoms with Gasteiger partial charge in [-0.2, -0.15) is 5.10 Å². The summed E-state index contributed by atoms with van der Waals surface area (Å²) in [5.41, 5.74) is 1.78. The first-order valence-corrected chi connectivity index (χ1v) is 9.37. The second-order valence-electron chi connectivity index (χ2n) is 6.86. The summed E-state index contributed by atoms with van der Waals surface area (Å²) >= 11 is 0. The molecule has 1 N–H and O–H groups in total. The average molecular weight is 369 g/mol. The molecule has 0 radical (unpaired) electrons. The third kappa shape index (κ3) is 3.71. The van der Waals surface area contributed by atoms with Crippen molar-refractivity contribution in [2.24, 2.45) is 0 Å². The number of morpholine rings is 1. The highest BCUT2D eigenvalue weighted by Crippen LogP contribution is 2.31. The molecule has 2 aromatic rings. The van der Waals surface area contributed by atoms with Gasteiger partial charge in [0.15, 0.2) is 0 Å². The van der Waals surface area contributed by atoms with Crippen LogP contribution in [0.15, 0.2) is 30.6 Å². The number of likely N-dealkylation sites (tertiary alicyclic amines) is 1. The first kappa shape index (κ1) is 17.7. The van der Waals surface area contributed by atoms with Crippen molar-refractivity contribution in [1.82, 2.24) is 25.0 Å². The van der Waals surface area contributed by atoms with Crippen LogP contribution in [0.3, 0.4) is 0 Å². The van der Waals surface area contributed by atoms with Crippen molar-refractivity contribution in [3.05, 3.63) is 47.5 Å². The fraction of sp³-hybridized carbons (Fsp3) is 0.474. The van der Waals surface area contributed by atoms with Crippen LogP contribution in [0, 0.1) is 0 Å². The van der Waals surface area contributed by atoms with Gasteiger partial charge in [-0.25, -0.2) is 0 Å². The summed E-state index contributed by atoms with van der Waals surface area (Å²) < 4.78 is 5.30. The van der Waals surface area contributed by atoms with Crippen molar-refractivity contribution in [1.29, 1.82) is 0 Å². The number of hydrogen-bond acceptors (Lipinski definition) is 5. The summed E-state index contributed by atoms with van der Waals surface area (Å²) in [5.74, 6) is -0.134. The lowest BCUT2D eigenvalue weighted by molar-refractivity contribution is 0.0299. The van der Waals surface area contributed by atoms with Gasteiger partial charge in [0, 0.05) is 32.0 Å². The van der Waals surface area contributed by atoms with E-state index in [0.717, 1.165) is 25.0 Å². The van der Waals surface area contributed by atoms with Crippen LogP contribution in [0.5, 0.6) is 0 Å². The van der Waals surface area contributed by atoms with Gasteiger partial charge < -0.3 is 14.5 Å². The van der Waals surface area contributed by atoms with Crippen molar-refractivity contribution in [2.45, 2.75) is 25.3 Å². The molecule has 0 spiro atoms. The van der Waals surface area contributed by atoms with E-state index < -0.39 is 0 Å². The molecule has 0 saturated carbocycles. The van der Waals surface area contributed by atoms with Crippen LogP contribution in [0.25, 0.3) is 0 Å². The number of nitrogens with one attached hydrogen (secondary N) is 1. The molecule has 4 heterocycles. The smallest absolute Gasteiger partial charge is 0.274 e. The van der Waals surface area contributed by atoms with E-state index in [4.69, 9.17) is 4.74 Å². The molecule has 8 nitrogen and oxygen atoms in total. The van der Waals surface area contributed by atoms with Crippen molar-refractivity contribution in [3.63, 3.8) is 0 Å². The number of nitrogens with zero attached hydrogens (tertiary/aromatic N) is 4. The standard InChI is InChI=1S/C19H23N5O3/c25-18(14-4-3-6-20-13-14)24-7-2-1-5-17(24)15-12-16(22-21-15)19(26)23-8-10-27-11-9-23/h3-4,6,12-13,17H,1-2,5,7-11H2,(H,21,22)/t17-/m1/s1. The lowest BCUT2D eigenvalue weighted by atomic mass is 9.98. The van der Waals surface area contributed by atoms with Gasteiger partial charge in [0.1, 0.15) is 5.69 Å². The maximum Gasteiger partial charge on any atom is 0.274 e. The maximum atomic E-state index is 12.9. The maximum absolute atomic E-state index is 12.9. The minimum Gasteiger partial charge on any atom is -0.378 e. The highest BCUT2D eigenvalue weighted by molar-refractivity contribution is 5.94. The molecular weight excluding hydrogens is 346 g/mol. The Morgan fingerprint density at radius 3 is 2.78 bits per heavy atom. The Bertz CT molecular complexity index is 801. The highest BCUT2D eigenvalue weighted by atomic mass is 16.5. The lowest BCUT2D eigenvalue weighted by Gasteiger charge is -2.35. The lowest BCUT2D eigenvalue weighted by Crippen LogP contribution is -2.40. The first-order chi connectivity index (χ1) is 13.2. The van der Waals surface area contributed by atoms with Crippen molar-refractivity contribution < 1.29 is 14.3 Å². The zero-order valence-corrected chi connectivity index (χ0v) is 15.1. The third-order valence-corrected chi connectivity index (χ3v) is 5.15. The van der Waals surface area contributed by atoms with E-state index in [1.54, 1.807) is 35.5 Å². The SMILES string of the molecule is O=C(c1cc([C@H]2CCCCN2C(=O)c2cccnc2)[nH]n1)N1CCOCC1. The summed E-state index contributed by atoms with van der Waals surface area (Å²) in [6.45, 7) is 2.95. The number of pyridine rings is 1. The number of aromatic amines is 1. The van der Waals surface area contributed by atoms with E-state index in [2.05, 4.69) is 15.2 Å². The zero-order chi connectivity index (χ0) is 18.6. The number of hydrogen-bond donors (Lipinski definition) is 1. The Morgan fingerprint density at radius 2 is 2.00 bits per heavy atom. The number of aromatic nitrogens is 3. The van der Waals surface area contributed by atoms with Gasteiger partial charge in [0.2, 0.25) is 0 Å². The third-order valence-electron chi connectivity index (χ3n) is 5.15. The second kappa shape index (κ2) is 7.87. The highest BCUT2D eigenvalue weighted by Gasteiger charge is 2.31. The van der Waals surface area contributed by atoms with Crippen molar-refractivity contribution in [2.75, 3.05) is 32.8 Å². The molecule has 142 valence electrons. The largest absolute Gasteiger partial charge is 0.378 e. The molecule has 2 aliphatic rings. The van der Waals surface area contributed by atoms with Crippen LogP contribution in [-0.4, -0.2) is 69.6 Å². The topological polar surface area (TPSA) is 91.4 Å². The van der Waals surface area contributed by atoms with Crippen LogP contribution in [0.2, 0.25) is 0 Å². The number of carbonyl (C=O) groups excluding carboxylic acids is 2. The molecule has 2 saturated heterocycles. The van der Waals surface area contributed by atoms with Gasteiger partial charge in [0.05, 0.1) is 30.5 Å². The Morgan fingerprint density at radius 1 is 1.15 bits per heavy atom. The van der Waals surface area contributed by atoms with E-state index in [1.807, 2.05) is 4.90 Å². The fourth-order valence-electron chi connectivity index (χ4n) is 3.70. The van der Waals surface area contributed by atoms with Gasteiger partial charge in [-0.05, 0) is 37.5 Å². The van der Waals surface area contributed by atoms with Crippen LogP contribution >= 0.6 is 0 Å². The van der Waals surface area contributed by atoms with E-state index in [1.165, 1.54) is 0 Å². The summed E-state index contributed by atoms with van der Waals surface area (Å²) in [5, 5.41) is 7.22. The molecular formula is C19H23N5O3. The van der Waals surface area contributed by atoms with Crippen LogP contribution in [0.1, 0.15) is 51.8 Å². The predicted octanol–water partition coefficient (Wildman–Crippen LogP) is 1.64. The molecule has 2 amide bonds. The van der Waals surface area contributed by atoms with Gasteiger partial charge in [-0.15, -0.1) is 0 Å². The molecule has 0 bridgehead atoms. The molecule has 0 aromatic carbocycles. The van der Waals surface area contributed by atoms with Gasteiger partial charge >= 0.3 is 0 Å². The summed E-state index contributed by atoms with van der Waals surface area (Å²) in [6, 6.07) is 5.23. The molecule has 1 atom stereocenters. The zero-order valence-electron chi connectivity index (χ0n) is 15.1. The normalized spacial score (nSPS) is 20.5. The Kier molecular flexibility index (Phi) is 5.15.